The van der Waals surface area contributed by atoms with Crippen molar-refractivity contribution in [2.45, 2.75) is 45.6 Å². The fourth-order valence-corrected chi connectivity index (χ4v) is 2.88. The van der Waals surface area contributed by atoms with Gasteiger partial charge in [-0.3, -0.25) is 9.69 Å². The van der Waals surface area contributed by atoms with Gasteiger partial charge in [0.15, 0.2) is 5.78 Å². The van der Waals surface area contributed by atoms with E-state index in [0.717, 1.165) is 25.1 Å². The van der Waals surface area contributed by atoms with E-state index in [0.29, 0.717) is 11.4 Å². The summed E-state index contributed by atoms with van der Waals surface area (Å²) >= 11 is 0. The lowest BCUT2D eigenvalue weighted by Gasteiger charge is -2.37. The fraction of sp³-hybridized carbons (Fsp3) is 0.600. The number of ketones is 1. The van der Waals surface area contributed by atoms with E-state index in [1.54, 1.807) is 6.20 Å². The Kier molecular flexibility index (Phi) is 3.90. The van der Waals surface area contributed by atoms with Crippen molar-refractivity contribution in [3.63, 3.8) is 0 Å². The molecule has 0 radical (unpaired) electrons. The van der Waals surface area contributed by atoms with Crippen molar-refractivity contribution in [2.75, 3.05) is 18.8 Å². The second kappa shape index (κ2) is 5.29. The zero-order valence-electron chi connectivity index (χ0n) is 12.1. The SMILES string of the molecule is CCC(C)(C(=O)c1c(C)ccnc1N)N1CCCC1. The van der Waals surface area contributed by atoms with E-state index >= 15 is 0 Å². The maximum atomic E-state index is 13.0. The molecule has 1 aromatic rings. The first-order chi connectivity index (χ1) is 9.00. The van der Waals surface area contributed by atoms with Gasteiger partial charge >= 0.3 is 0 Å². The number of anilines is 1. The van der Waals surface area contributed by atoms with E-state index < -0.39 is 5.54 Å². The second-order valence-corrected chi connectivity index (χ2v) is 5.54. The summed E-state index contributed by atoms with van der Waals surface area (Å²) in [5, 5.41) is 0. The number of carbonyl (C=O) groups is 1. The van der Waals surface area contributed by atoms with Gasteiger partial charge in [-0.25, -0.2) is 4.98 Å². The highest BCUT2D eigenvalue weighted by atomic mass is 16.1. The summed E-state index contributed by atoms with van der Waals surface area (Å²) in [7, 11) is 0. The summed E-state index contributed by atoms with van der Waals surface area (Å²) in [5.74, 6) is 0.462. The van der Waals surface area contributed by atoms with Gasteiger partial charge in [0.25, 0.3) is 0 Å². The van der Waals surface area contributed by atoms with Gasteiger partial charge in [0.1, 0.15) is 5.82 Å². The molecule has 0 saturated carbocycles. The molecule has 1 saturated heterocycles. The van der Waals surface area contributed by atoms with E-state index in [1.165, 1.54) is 12.8 Å². The number of pyridine rings is 1. The number of nitrogen functional groups attached to an aromatic ring is 1. The van der Waals surface area contributed by atoms with Crippen LogP contribution in [0.1, 0.15) is 49.0 Å². The summed E-state index contributed by atoms with van der Waals surface area (Å²) in [4.78, 5) is 19.3. The van der Waals surface area contributed by atoms with Gasteiger partial charge in [0.05, 0.1) is 11.1 Å². The maximum Gasteiger partial charge on any atom is 0.186 e. The number of aryl methyl sites for hydroxylation is 1. The van der Waals surface area contributed by atoms with Crippen LogP contribution in [0.4, 0.5) is 5.82 Å². The Balaban J connectivity index is 2.40. The van der Waals surface area contributed by atoms with E-state index in [4.69, 9.17) is 5.73 Å². The number of carbonyl (C=O) groups excluding carboxylic acids is 1. The standard InChI is InChI=1S/C15H23N3O/c1-4-15(3,18-9-5-6-10-18)13(19)12-11(2)7-8-17-14(12)16/h7-8H,4-6,9-10H2,1-3H3,(H2,16,17). The smallest absolute Gasteiger partial charge is 0.186 e. The largest absolute Gasteiger partial charge is 0.383 e. The lowest BCUT2D eigenvalue weighted by atomic mass is 9.85. The number of nitrogens with zero attached hydrogens (tertiary/aromatic N) is 2. The Morgan fingerprint density at radius 3 is 2.63 bits per heavy atom. The summed E-state index contributed by atoms with van der Waals surface area (Å²) in [5.41, 5.74) is 6.97. The average molecular weight is 261 g/mol. The zero-order chi connectivity index (χ0) is 14.0. The minimum atomic E-state index is -0.460. The van der Waals surface area contributed by atoms with Gasteiger partial charge < -0.3 is 5.73 Å². The van der Waals surface area contributed by atoms with Crippen LogP contribution in [0.2, 0.25) is 0 Å². The number of hydrogen-bond acceptors (Lipinski definition) is 4. The van der Waals surface area contributed by atoms with Gasteiger partial charge in [-0.1, -0.05) is 6.92 Å². The van der Waals surface area contributed by atoms with Crippen LogP contribution in [-0.2, 0) is 0 Å². The summed E-state index contributed by atoms with van der Waals surface area (Å²) < 4.78 is 0. The second-order valence-electron chi connectivity index (χ2n) is 5.54. The molecule has 19 heavy (non-hydrogen) atoms. The molecule has 1 atom stereocenters. The Bertz CT molecular complexity index is 460. The lowest BCUT2D eigenvalue weighted by molar-refractivity contribution is 0.0647. The Morgan fingerprint density at radius 2 is 2.11 bits per heavy atom. The molecule has 0 amide bonds. The third-order valence-electron chi connectivity index (χ3n) is 4.40. The highest BCUT2D eigenvalue weighted by Gasteiger charge is 2.40. The highest BCUT2D eigenvalue weighted by Crippen LogP contribution is 2.30. The molecular weight excluding hydrogens is 238 g/mol. The maximum absolute atomic E-state index is 13.0. The highest BCUT2D eigenvalue weighted by molar-refractivity contribution is 6.07. The number of Topliss-reactive ketones (excluding diaryl/α,β-unsaturated/α-hetero) is 1. The first kappa shape index (κ1) is 14.0. The molecule has 1 aliphatic rings. The molecule has 0 aliphatic carbocycles. The first-order valence-corrected chi connectivity index (χ1v) is 7.01. The van der Waals surface area contributed by atoms with Crippen molar-refractivity contribution >= 4 is 11.6 Å². The van der Waals surface area contributed by atoms with Crippen LogP contribution in [-0.4, -0.2) is 34.3 Å². The van der Waals surface area contributed by atoms with Crippen molar-refractivity contribution in [1.82, 2.24) is 9.88 Å². The molecule has 104 valence electrons. The van der Waals surface area contributed by atoms with Crippen molar-refractivity contribution in [3.05, 3.63) is 23.4 Å². The molecule has 2 heterocycles. The molecule has 2 rings (SSSR count). The van der Waals surface area contributed by atoms with Gasteiger partial charge in [-0.15, -0.1) is 0 Å². The minimum absolute atomic E-state index is 0.111. The quantitative estimate of drug-likeness (QED) is 0.846. The Hall–Kier alpha value is -1.42. The average Bonchev–Trinajstić information content (AvgIpc) is 2.91. The van der Waals surface area contributed by atoms with Gasteiger partial charge in [0.2, 0.25) is 0 Å². The third kappa shape index (κ3) is 2.37. The van der Waals surface area contributed by atoms with Crippen LogP contribution in [0.15, 0.2) is 12.3 Å². The van der Waals surface area contributed by atoms with Crippen LogP contribution in [0, 0.1) is 6.92 Å². The van der Waals surface area contributed by atoms with E-state index in [9.17, 15) is 4.79 Å². The molecule has 0 aromatic carbocycles. The summed E-state index contributed by atoms with van der Waals surface area (Å²) in [6.07, 6.45) is 4.79. The lowest BCUT2D eigenvalue weighted by Crippen LogP contribution is -2.51. The van der Waals surface area contributed by atoms with Crippen LogP contribution < -0.4 is 5.73 Å². The predicted molar refractivity (Wildman–Crippen MR) is 77.2 cm³/mol. The van der Waals surface area contributed by atoms with Gasteiger partial charge in [-0.05, 0) is 57.8 Å². The number of rotatable bonds is 4. The number of hydrogen-bond donors (Lipinski definition) is 1. The molecule has 1 unspecified atom stereocenters. The molecule has 4 heteroatoms. The monoisotopic (exact) mass is 261 g/mol. The third-order valence-corrected chi connectivity index (χ3v) is 4.40. The molecule has 1 aliphatic heterocycles. The van der Waals surface area contributed by atoms with E-state index in [2.05, 4.69) is 16.8 Å². The molecule has 0 spiro atoms. The number of likely N-dealkylation sites (tertiary alicyclic amines) is 1. The number of aromatic nitrogens is 1. The van der Waals surface area contributed by atoms with Crippen LogP contribution in [0.25, 0.3) is 0 Å². The topological polar surface area (TPSA) is 59.2 Å². The zero-order valence-corrected chi connectivity index (χ0v) is 12.1. The molecule has 1 aromatic heterocycles. The Morgan fingerprint density at radius 1 is 1.47 bits per heavy atom. The van der Waals surface area contributed by atoms with Crippen molar-refractivity contribution in [1.29, 1.82) is 0 Å². The summed E-state index contributed by atoms with van der Waals surface area (Å²) in [6.45, 7) is 8.01. The van der Waals surface area contributed by atoms with Crippen molar-refractivity contribution in [2.24, 2.45) is 0 Å². The van der Waals surface area contributed by atoms with E-state index in [-0.39, 0.29) is 5.78 Å². The minimum Gasteiger partial charge on any atom is -0.383 e. The van der Waals surface area contributed by atoms with Crippen molar-refractivity contribution in [3.8, 4) is 0 Å². The normalized spacial score (nSPS) is 19.3. The van der Waals surface area contributed by atoms with Crippen molar-refractivity contribution < 1.29 is 4.79 Å². The summed E-state index contributed by atoms with van der Waals surface area (Å²) in [6, 6.07) is 1.85. The van der Waals surface area contributed by atoms with Crippen LogP contribution in [0.5, 0.6) is 0 Å². The molecular formula is C15H23N3O. The number of nitrogens with two attached hydrogens (primary N) is 1. The van der Waals surface area contributed by atoms with Crippen LogP contribution >= 0.6 is 0 Å². The molecule has 4 nitrogen and oxygen atoms in total. The Labute approximate surface area is 115 Å². The molecule has 0 bridgehead atoms. The fourth-order valence-electron chi connectivity index (χ4n) is 2.88. The van der Waals surface area contributed by atoms with E-state index in [1.807, 2.05) is 19.9 Å². The molecule has 1 fully saturated rings. The first-order valence-electron chi connectivity index (χ1n) is 7.01. The molecule has 2 N–H and O–H groups in total. The van der Waals surface area contributed by atoms with Gasteiger partial charge in [0, 0.05) is 6.20 Å². The van der Waals surface area contributed by atoms with Crippen LogP contribution in [0.3, 0.4) is 0 Å². The predicted octanol–water partition coefficient (Wildman–Crippen LogP) is 2.42. The van der Waals surface area contributed by atoms with Gasteiger partial charge in [-0.2, -0.15) is 0 Å².